The SMILES string of the molecule is Cl.F.[O]=[Yb]. The van der Waals surface area contributed by atoms with E-state index < -0.39 is 0 Å². The first kappa shape index (κ1) is 17.7. The van der Waals surface area contributed by atoms with Gasteiger partial charge in [0.1, 0.15) is 0 Å². The van der Waals surface area contributed by atoms with E-state index in [1.165, 1.54) is 44.8 Å². The van der Waals surface area contributed by atoms with Gasteiger partial charge in [-0.05, 0) is 0 Å². The molecule has 0 fully saturated rings. The molecule has 0 aromatic heterocycles. The quantitative estimate of drug-likeness (QED) is 0.606. The monoisotopic (exact) mass is 246 g/mol. The Morgan fingerprint density at radius 1 is 1.25 bits per heavy atom. The summed E-state index contributed by atoms with van der Waals surface area (Å²) in [6, 6.07) is 0. The second kappa shape index (κ2) is 24.0. The predicted octanol–water partition coefficient (Wildman–Crippen LogP) is 0.456. The van der Waals surface area contributed by atoms with Gasteiger partial charge in [-0.2, -0.15) is 0 Å². The van der Waals surface area contributed by atoms with E-state index in [4.69, 9.17) is 0.288 Å². The Morgan fingerprint density at radius 3 is 1.25 bits per heavy atom. The first-order chi connectivity index (χ1) is 1.00. The normalized spacial score (nSPS) is 1.50. The second-order valence-corrected chi connectivity index (χ2v) is 0. The van der Waals surface area contributed by atoms with Crippen molar-refractivity contribution in [3.8, 4) is 0 Å². The van der Waals surface area contributed by atoms with Gasteiger partial charge in [0.05, 0.1) is 0 Å². The van der Waals surface area contributed by atoms with Gasteiger partial charge < -0.3 is 0 Å². The van der Waals surface area contributed by atoms with Crippen LogP contribution in [-0.2, 0) is 0.288 Å². The van der Waals surface area contributed by atoms with E-state index >= 15 is 0 Å². The van der Waals surface area contributed by atoms with E-state index in [1.807, 2.05) is 0 Å². The summed E-state index contributed by atoms with van der Waals surface area (Å²) < 4.78 is 8.11. The molecule has 0 aromatic rings. The Bertz CT molecular complexity index is 8.00. The molecule has 0 heterocycles. The average Bonchev–Trinajstić information content (AvgIpc) is 1.00. The fraction of sp³-hybridized carbons (Fsp3) is 0. The van der Waals surface area contributed by atoms with Gasteiger partial charge in [-0.3, -0.25) is 4.70 Å². The molecule has 0 aliphatic rings. The van der Waals surface area contributed by atoms with Crippen molar-refractivity contribution < 1.29 is 49.8 Å². The molecule has 4 heteroatoms. The van der Waals surface area contributed by atoms with Crippen molar-refractivity contribution in [3.05, 3.63) is 0 Å². The second-order valence-electron chi connectivity index (χ2n) is 0. The summed E-state index contributed by atoms with van der Waals surface area (Å²) in [7, 11) is 0. The van der Waals surface area contributed by atoms with Crippen LogP contribution in [0.15, 0.2) is 0 Å². The van der Waals surface area contributed by atoms with Crippen LogP contribution in [0, 0.1) is 44.8 Å². The molecule has 36 valence electrons. The third-order valence-electron chi connectivity index (χ3n) is 0. The van der Waals surface area contributed by atoms with E-state index in [2.05, 4.69) is 0 Å². The summed E-state index contributed by atoms with van der Waals surface area (Å²) in [6.45, 7) is 0. The van der Waals surface area contributed by atoms with Crippen LogP contribution >= 0.6 is 12.4 Å². The van der Waals surface area contributed by atoms with E-state index in [0.717, 1.165) is 0 Å². The molecule has 0 aromatic carbocycles. The van der Waals surface area contributed by atoms with Crippen molar-refractivity contribution >= 4 is 12.4 Å². The minimum absolute atomic E-state index is 0. The summed E-state index contributed by atoms with van der Waals surface area (Å²) in [5.74, 6) is 0. The van der Waals surface area contributed by atoms with Crippen LogP contribution in [0.3, 0.4) is 0 Å². The summed E-state index contributed by atoms with van der Waals surface area (Å²) in [5, 5.41) is 0. The van der Waals surface area contributed by atoms with Crippen molar-refractivity contribution in [2.24, 2.45) is 0 Å². The number of rotatable bonds is 0. The molecule has 0 amide bonds. The molecular formula is H2ClFOYb. The molecule has 4 heavy (non-hydrogen) atoms. The van der Waals surface area contributed by atoms with Crippen molar-refractivity contribution in [1.29, 1.82) is 0 Å². The Kier molecular flexibility index (Phi) is 106. The third kappa shape index (κ3) is 9.63. The van der Waals surface area contributed by atoms with Crippen LogP contribution in [-0.4, -0.2) is 0 Å². The molecule has 0 N–H and O–H groups in total. The van der Waals surface area contributed by atoms with Gasteiger partial charge in [0, 0.05) is 0 Å². The molecule has 0 bridgehead atoms. The van der Waals surface area contributed by atoms with Crippen LogP contribution in [0.2, 0.25) is 0 Å². The van der Waals surface area contributed by atoms with Crippen LogP contribution in [0.1, 0.15) is 0 Å². The molecule has 0 rings (SSSR count). The Balaban J connectivity index is -0.00000000500. The number of hydrogen-bond acceptors (Lipinski definition) is 1. The maximum atomic E-state index is 8.11. The van der Waals surface area contributed by atoms with Crippen LogP contribution < -0.4 is 0 Å². The van der Waals surface area contributed by atoms with Gasteiger partial charge in [-0.15, -0.1) is 12.4 Å². The number of hydrogen-bond donors (Lipinski definition) is 0. The van der Waals surface area contributed by atoms with Crippen molar-refractivity contribution in [2.75, 3.05) is 0 Å². The zero-order valence-corrected chi connectivity index (χ0v) is 4.02. The fourth-order valence-electron chi connectivity index (χ4n) is 0. The summed E-state index contributed by atoms with van der Waals surface area (Å²) in [6.07, 6.45) is 0. The predicted molar refractivity (Wildman–Crippen MR) is 10.4 cm³/mol. The van der Waals surface area contributed by atoms with Gasteiger partial charge in [-0.25, -0.2) is 0 Å². The Hall–Kier alpha value is 1.54. The van der Waals surface area contributed by atoms with Crippen LogP contribution in [0.4, 0.5) is 4.70 Å². The molecule has 0 spiro atoms. The van der Waals surface area contributed by atoms with Gasteiger partial charge >= 0.3 is 45.1 Å². The third-order valence-corrected chi connectivity index (χ3v) is 0. The van der Waals surface area contributed by atoms with Gasteiger partial charge in [-0.1, -0.05) is 0 Å². The van der Waals surface area contributed by atoms with Crippen LogP contribution in [0.25, 0.3) is 0 Å². The first-order valence-corrected chi connectivity index (χ1v) is 0.809. The molecule has 0 unspecified atom stereocenters. The molecule has 0 aliphatic carbocycles. The zero-order valence-electron chi connectivity index (χ0n) is 1.49. The topological polar surface area (TPSA) is 17.1 Å². The van der Waals surface area contributed by atoms with Crippen molar-refractivity contribution in [2.45, 2.75) is 0 Å². The molecule has 0 aliphatic heterocycles. The average molecular weight is 246 g/mol. The minimum atomic E-state index is 0. The summed E-state index contributed by atoms with van der Waals surface area (Å²) in [4.78, 5) is 0. The fourth-order valence-corrected chi connectivity index (χ4v) is 0. The standard InChI is InChI=1S/ClH.FH.O.Yb/h2*1H;;. The van der Waals surface area contributed by atoms with Crippen molar-refractivity contribution in [3.63, 3.8) is 0 Å². The summed E-state index contributed by atoms with van der Waals surface area (Å²) in [5.41, 5.74) is 0. The van der Waals surface area contributed by atoms with Crippen molar-refractivity contribution in [1.82, 2.24) is 0 Å². The molecular weight excluding hydrogens is 243 g/mol. The van der Waals surface area contributed by atoms with Crippen LogP contribution in [0.5, 0.6) is 0 Å². The van der Waals surface area contributed by atoms with Gasteiger partial charge in [0.25, 0.3) is 0 Å². The molecule has 0 atom stereocenters. The Labute approximate surface area is 61.2 Å². The van der Waals surface area contributed by atoms with E-state index in [9.17, 15) is 0 Å². The molecule has 0 saturated carbocycles. The molecule has 0 saturated heterocycles. The molecule has 0 radical (unpaired) electrons. The van der Waals surface area contributed by atoms with Gasteiger partial charge in [0.15, 0.2) is 0 Å². The molecule has 1 nitrogen and oxygen atoms in total. The Morgan fingerprint density at radius 2 is 1.25 bits per heavy atom. The van der Waals surface area contributed by atoms with E-state index in [1.54, 1.807) is 0 Å². The van der Waals surface area contributed by atoms with Gasteiger partial charge in [0.2, 0.25) is 0 Å². The zero-order chi connectivity index (χ0) is 2.00. The number of halogens is 2. The van der Waals surface area contributed by atoms with E-state index in [0.29, 0.717) is 0 Å². The maximum absolute atomic E-state index is 8.11. The van der Waals surface area contributed by atoms with E-state index in [-0.39, 0.29) is 17.1 Å². The first-order valence-electron chi connectivity index (χ1n) is 0.109. The summed E-state index contributed by atoms with van der Waals surface area (Å²) >= 11 is 1.44.